The van der Waals surface area contributed by atoms with Gasteiger partial charge in [0, 0.05) is 19.8 Å². The minimum atomic E-state index is -0.287. The molecular weight excluding hydrogens is 282 g/mol. The molecule has 0 saturated heterocycles. The number of aromatic nitrogens is 1. The van der Waals surface area contributed by atoms with Crippen molar-refractivity contribution in [3.63, 3.8) is 0 Å². The maximum Gasteiger partial charge on any atom is 0.244 e. The van der Waals surface area contributed by atoms with Crippen molar-refractivity contribution in [2.24, 2.45) is 0 Å². The summed E-state index contributed by atoms with van der Waals surface area (Å²) >= 11 is 3.46. The molecule has 94 valence electrons. The van der Waals surface area contributed by atoms with Crippen molar-refractivity contribution in [1.29, 1.82) is 0 Å². The Morgan fingerprint density at radius 3 is 2.88 bits per heavy atom. The Morgan fingerprint density at radius 2 is 2.29 bits per heavy atom. The van der Waals surface area contributed by atoms with Crippen LogP contribution < -0.4 is 5.32 Å². The Labute approximate surface area is 111 Å². The predicted octanol–water partition coefficient (Wildman–Crippen LogP) is 2.43. The Hall–Kier alpha value is -1.10. The van der Waals surface area contributed by atoms with Gasteiger partial charge in [-0.1, -0.05) is 0 Å². The maximum atomic E-state index is 11.9. The number of carbonyl (C=O) groups is 1. The number of hydrogen-bond acceptors (Lipinski definition) is 3. The van der Waals surface area contributed by atoms with Crippen molar-refractivity contribution in [3.05, 3.63) is 22.3 Å². The Bertz CT molecular complexity index is 409. The van der Waals surface area contributed by atoms with Crippen LogP contribution in [-0.4, -0.2) is 35.4 Å². The SMILES string of the molecule is CCN(C)C(=O)C(C)Nc1nccc(C)c1Br. The lowest BCUT2D eigenvalue weighted by Crippen LogP contribution is -2.39. The second-order valence-corrected chi connectivity index (χ2v) is 4.80. The summed E-state index contributed by atoms with van der Waals surface area (Å²) in [4.78, 5) is 17.8. The van der Waals surface area contributed by atoms with Crippen LogP contribution in [0.1, 0.15) is 19.4 Å². The Kier molecular flexibility index (Phi) is 4.93. The van der Waals surface area contributed by atoms with Crippen molar-refractivity contribution >= 4 is 27.7 Å². The number of halogens is 1. The first-order valence-electron chi connectivity index (χ1n) is 5.60. The van der Waals surface area contributed by atoms with E-state index < -0.39 is 0 Å². The van der Waals surface area contributed by atoms with Gasteiger partial charge in [-0.15, -0.1) is 0 Å². The minimum Gasteiger partial charge on any atom is -0.358 e. The highest BCUT2D eigenvalue weighted by Crippen LogP contribution is 2.23. The third-order valence-electron chi connectivity index (χ3n) is 2.66. The van der Waals surface area contributed by atoms with E-state index in [0.717, 1.165) is 10.0 Å². The fourth-order valence-corrected chi connectivity index (χ4v) is 1.74. The fraction of sp³-hybridized carbons (Fsp3) is 0.500. The largest absolute Gasteiger partial charge is 0.358 e. The second-order valence-electron chi connectivity index (χ2n) is 4.01. The van der Waals surface area contributed by atoms with E-state index in [4.69, 9.17) is 0 Å². The molecular formula is C12H18BrN3O. The third kappa shape index (κ3) is 3.43. The highest BCUT2D eigenvalue weighted by atomic mass is 79.9. The van der Waals surface area contributed by atoms with E-state index in [2.05, 4.69) is 26.2 Å². The van der Waals surface area contributed by atoms with Crippen LogP contribution in [0.4, 0.5) is 5.82 Å². The molecule has 0 fully saturated rings. The van der Waals surface area contributed by atoms with E-state index in [0.29, 0.717) is 12.4 Å². The molecule has 0 aromatic carbocycles. The number of nitrogens with one attached hydrogen (secondary N) is 1. The number of hydrogen-bond donors (Lipinski definition) is 1. The normalized spacial score (nSPS) is 12.1. The van der Waals surface area contributed by atoms with Gasteiger partial charge in [-0.2, -0.15) is 0 Å². The predicted molar refractivity (Wildman–Crippen MR) is 73.1 cm³/mol. The first-order chi connectivity index (χ1) is 7.97. The summed E-state index contributed by atoms with van der Waals surface area (Å²) in [6.45, 7) is 6.48. The number of rotatable bonds is 4. The first kappa shape index (κ1) is 14.0. The number of anilines is 1. The number of amides is 1. The molecule has 0 radical (unpaired) electrons. The van der Waals surface area contributed by atoms with Gasteiger partial charge < -0.3 is 10.2 Å². The maximum absolute atomic E-state index is 11.9. The number of nitrogens with zero attached hydrogens (tertiary/aromatic N) is 2. The molecule has 0 aliphatic carbocycles. The van der Waals surface area contributed by atoms with Gasteiger partial charge in [-0.25, -0.2) is 4.98 Å². The molecule has 1 rings (SSSR count). The van der Waals surface area contributed by atoms with E-state index in [1.165, 1.54) is 0 Å². The van der Waals surface area contributed by atoms with E-state index in [1.807, 2.05) is 26.8 Å². The molecule has 0 aliphatic rings. The van der Waals surface area contributed by atoms with Gasteiger partial charge in [0.15, 0.2) is 0 Å². The van der Waals surface area contributed by atoms with Gasteiger partial charge in [0.1, 0.15) is 11.9 Å². The monoisotopic (exact) mass is 299 g/mol. The lowest BCUT2D eigenvalue weighted by atomic mass is 10.2. The molecule has 1 aromatic heterocycles. The fourth-order valence-electron chi connectivity index (χ4n) is 1.39. The zero-order valence-corrected chi connectivity index (χ0v) is 12.2. The highest BCUT2D eigenvalue weighted by molar-refractivity contribution is 9.10. The second kappa shape index (κ2) is 6.00. The lowest BCUT2D eigenvalue weighted by Gasteiger charge is -2.21. The van der Waals surface area contributed by atoms with Gasteiger partial charge in [0.05, 0.1) is 4.47 Å². The Morgan fingerprint density at radius 1 is 1.65 bits per heavy atom. The quantitative estimate of drug-likeness (QED) is 0.929. The standard InChI is InChI=1S/C12H18BrN3O/c1-5-16(4)12(17)9(3)15-11-10(13)8(2)6-7-14-11/h6-7,9H,5H2,1-4H3,(H,14,15). The topological polar surface area (TPSA) is 45.2 Å². The van der Waals surface area contributed by atoms with Gasteiger partial charge in [-0.05, 0) is 48.3 Å². The molecule has 5 heteroatoms. The van der Waals surface area contributed by atoms with E-state index in [9.17, 15) is 4.79 Å². The summed E-state index contributed by atoms with van der Waals surface area (Å²) in [5.41, 5.74) is 1.09. The number of carbonyl (C=O) groups excluding carboxylic acids is 1. The molecule has 1 aromatic rings. The molecule has 0 bridgehead atoms. The van der Waals surface area contributed by atoms with Crippen LogP contribution in [0.2, 0.25) is 0 Å². The molecule has 1 N–H and O–H groups in total. The summed E-state index contributed by atoms with van der Waals surface area (Å²) in [7, 11) is 1.79. The lowest BCUT2D eigenvalue weighted by molar-refractivity contribution is -0.130. The molecule has 0 spiro atoms. The van der Waals surface area contributed by atoms with Gasteiger partial charge in [0.25, 0.3) is 0 Å². The van der Waals surface area contributed by atoms with Crippen LogP contribution >= 0.6 is 15.9 Å². The first-order valence-corrected chi connectivity index (χ1v) is 6.39. The van der Waals surface area contributed by atoms with Crippen LogP contribution in [0.15, 0.2) is 16.7 Å². The van der Waals surface area contributed by atoms with Crippen LogP contribution in [0.25, 0.3) is 0 Å². The molecule has 17 heavy (non-hydrogen) atoms. The number of pyridine rings is 1. The number of aryl methyl sites for hydroxylation is 1. The van der Waals surface area contributed by atoms with E-state index in [1.54, 1.807) is 18.1 Å². The molecule has 0 aliphatic heterocycles. The van der Waals surface area contributed by atoms with Crippen molar-refractivity contribution in [2.75, 3.05) is 18.9 Å². The minimum absolute atomic E-state index is 0.0581. The van der Waals surface area contributed by atoms with Crippen molar-refractivity contribution in [2.45, 2.75) is 26.8 Å². The molecule has 1 unspecified atom stereocenters. The Balaban J connectivity index is 2.78. The van der Waals surface area contributed by atoms with Gasteiger partial charge in [-0.3, -0.25) is 4.79 Å². The molecule has 0 saturated carbocycles. The van der Waals surface area contributed by atoms with Crippen LogP contribution in [0.5, 0.6) is 0 Å². The number of likely N-dealkylation sites (N-methyl/N-ethyl adjacent to an activating group) is 1. The molecule has 1 atom stereocenters. The zero-order valence-electron chi connectivity index (χ0n) is 10.6. The zero-order chi connectivity index (χ0) is 13.0. The van der Waals surface area contributed by atoms with Crippen molar-refractivity contribution in [1.82, 2.24) is 9.88 Å². The average molecular weight is 300 g/mol. The van der Waals surface area contributed by atoms with E-state index >= 15 is 0 Å². The van der Waals surface area contributed by atoms with Crippen LogP contribution in [0, 0.1) is 6.92 Å². The summed E-state index contributed by atoms with van der Waals surface area (Å²) in [5, 5.41) is 3.12. The summed E-state index contributed by atoms with van der Waals surface area (Å²) < 4.78 is 0.902. The van der Waals surface area contributed by atoms with Gasteiger partial charge in [0.2, 0.25) is 5.91 Å². The summed E-state index contributed by atoms with van der Waals surface area (Å²) in [5.74, 6) is 0.762. The molecule has 1 amide bonds. The molecule has 4 nitrogen and oxygen atoms in total. The smallest absolute Gasteiger partial charge is 0.244 e. The van der Waals surface area contributed by atoms with Crippen molar-refractivity contribution < 1.29 is 4.79 Å². The summed E-state index contributed by atoms with van der Waals surface area (Å²) in [6, 6.07) is 1.63. The third-order valence-corrected chi connectivity index (χ3v) is 3.66. The van der Waals surface area contributed by atoms with E-state index in [-0.39, 0.29) is 11.9 Å². The average Bonchev–Trinajstić information content (AvgIpc) is 2.32. The molecule has 1 heterocycles. The summed E-state index contributed by atoms with van der Waals surface area (Å²) in [6.07, 6.45) is 1.73. The van der Waals surface area contributed by atoms with Crippen LogP contribution in [0.3, 0.4) is 0 Å². The van der Waals surface area contributed by atoms with Crippen molar-refractivity contribution in [3.8, 4) is 0 Å². The van der Waals surface area contributed by atoms with Crippen LogP contribution in [-0.2, 0) is 4.79 Å². The van der Waals surface area contributed by atoms with Gasteiger partial charge >= 0.3 is 0 Å². The highest BCUT2D eigenvalue weighted by Gasteiger charge is 2.17.